The molecule has 4 rings (SSSR count). The molecule has 0 radical (unpaired) electrons. The number of hydrogen-bond acceptors (Lipinski definition) is 2. The summed E-state index contributed by atoms with van der Waals surface area (Å²) in [6.07, 6.45) is 17.8. The Bertz CT molecular complexity index is 795. The van der Waals surface area contributed by atoms with Crippen LogP contribution in [0.4, 0.5) is 0 Å². The second-order valence-electron chi connectivity index (χ2n) is 14.9. The zero-order valence-electron chi connectivity index (χ0n) is 25.1. The van der Waals surface area contributed by atoms with Gasteiger partial charge in [0.05, 0.1) is 0 Å². The molecular weight excluding hydrogens is 440 g/mol. The molecule has 3 unspecified atom stereocenters. The minimum Gasteiger partial charge on any atom is -0.462 e. The molecule has 0 N–H and O–H groups in total. The molecule has 3 fully saturated rings. The van der Waals surface area contributed by atoms with E-state index in [-0.39, 0.29) is 12.1 Å². The van der Waals surface area contributed by atoms with Gasteiger partial charge in [-0.15, -0.1) is 0 Å². The van der Waals surface area contributed by atoms with Crippen molar-refractivity contribution in [2.75, 3.05) is 0 Å². The molecule has 206 valence electrons. The number of esters is 1. The molecule has 0 amide bonds. The van der Waals surface area contributed by atoms with E-state index >= 15 is 0 Å². The van der Waals surface area contributed by atoms with Crippen molar-refractivity contribution in [3.05, 3.63) is 11.6 Å². The lowest BCUT2D eigenvalue weighted by molar-refractivity contribution is -0.152. The number of carbonyl (C=O) groups excluding carboxylic acids is 1. The molecule has 0 aromatic carbocycles. The average molecular weight is 499 g/mol. The topological polar surface area (TPSA) is 26.3 Å². The van der Waals surface area contributed by atoms with Crippen molar-refractivity contribution in [1.29, 1.82) is 0 Å². The van der Waals surface area contributed by atoms with E-state index in [0.717, 1.165) is 54.3 Å². The Morgan fingerprint density at radius 3 is 2.42 bits per heavy atom. The number of rotatable bonds is 9. The van der Waals surface area contributed by atoms with Crippen LogP contribution >= 0.6 is 0 Å². The van der Waals surface area contributed by atoms with E-state index in [9.17, 15) is 4.79 Å². The molecule has 36 heavy (non-hydrogen) atoms. The van der Waals surface area contributed by atoms with Crippen molar-refractivity contribution in [2.45, 2.75) is 139 Å². The highest BCUT2D eigenvalue weighted by Crippen LogP contribution is 2.67. The molecule has 3 saturated carbocycles. The Balaban J connectivity index is 1.42. The van der Waals surface area contributed by atoms with E-state index in [2.05, 4.69) is 61.5 Å². The lowest BCUT2D eigenvalue weighted by atomic mass is 9.47. The van der Waals surface area contributed by atoms with Gasteiger partial charge < -0.3 is 4.74 Å². The van der Waals surface area contributed by atoms with Crippen molar-refractivity contribution < 1.29 is 9.53 Å². The highest BCUT2D eigenvalue weighted by atomic mass is 16.5. The quantitative estimate of drug-likeness (QED) is 0.234. The standard InChI is InChI=1S/C34H58O2/c1-9-25(23(4)5)11-10-24(6)29-14-15-30-28-13-12-26-21-27(36-32(35)20-22(2)3)16-18-33(26,7)31(28)17-19-34(29,30)8/h12,22-25,27-31H,9-11,13-21H2,1-8H3/t24-,25-,27+,28?,29-,30?,31?,33+,34-/m1/s1. The second-order valence-corrected chi connectivity index (χ2v) is 14.9. The Hall–Kier alpha value is -0.790. The highest BCUT2D eigenvalue weighted by molar-refractivity contribution is 5.69. The summed E-state index contributed by atoms with van der Waals surface area (Å²) in [5.74, 6) is 6.50. The number of ether oxygens (including phenoxy) is 1. The van der Waals surface area contributed by atoms with Gasteiger partial charge in [-0.1, -0.05) is 79.9 Å². The minimum absolute atomic E-state index is 0.00564. The summed E-state index contributed by atoms with van der Waals surface area (Å²) in [5, 5.41) is 0. The molecule has 2 heteroatoms. The predicted octanol–water partition coefficient (Wildman–Crippen LogP) is 9.62. The van der Waals surface area contributed by atoms with Gasteiger partial charge in [0.25, 0.3) is 0 Å². The summed E-state index contributed by atoms with van der Waals surface area (Å²) in [6, 6.07) is 0. The summed E-state index contributed by atoms with van der Waals surface area (Å²) < 4.78 is 5.94. The highest BCUT2D eigenvalue weighted by Gasteiger charge is 2.59. The Labute approximate surface area is 223 Å². The van der Waals surface area contributed by atoms with Crippen LogP contribution in [0.5, 0.6) is 0 Å². The van der Waals surface area contributed by atoms with Crippen LogP contribution in [0.1, 0.15) is 132 Å². The second kappa shape index (κ2) is 11.1. The average Bonchev–Trinajstić information content (AvgIpc) is 3.16. The normalized spacial score (nSPS) is 39.7. The molecule has 2 nitrogen and oxygen atoms in total. The van der Waals surface area contributed by atoms with Crippen LogP contribution < -0.4 is 0 Å². The molecule has 9 atom stereocenters. The van der Waals surface area contributed by atoms with Crippen LogP contribution in [-0.2, 0) is 9.53 Å². The number of fused-ring (bicyclic) bond motifs is 5. The van der Waals surface area contributed by atoms with Gasteiger partial charge in [-0.2, -0.15) is 0 Å². The van der Waals surface area contributed by atoms with Gasteiger partial charge in [0, 0.05) is 12.8 Å². The van der Waals surface area contributed by atoms with Gasteiger partial charge >= 0.3 is 5.97 Å². The first kappa shape index (κ1) is 28.2. The van der Waals surface area contributed by atoms with Crippen LogP contribution in [0.3, 0.4) is 0 Å². The first-order valence-corrected chi connectivity index (χ1v) is 15.9. The van der Waals surface area contributed by atoms with Gasteiger partial charge in [-0.25, -0.2) is 0 Å². The zero-order valence-corrected chi connectivity index (χ0v) is 25.1. The Kier molecular flexibility index (Phi) is 8.73. The minimum atomic E-state index is 0.00564. The van der Waals surface area contributed by atoms with E-state index in [1.807, 2.05) is 0 Å². The predicted molar refractivity (Wildman–Crippen MR) is 152 cm³/mol. The maximum absolute atomic E-state index is 12.3. The summed E-state index contributed by atoms with van der Waals surface area (Å²) in [4.78, 5) is 12.3. The fourth-order valence-corrected chi connectivity index (χ4v) is 9.96. The maximum atomic E-state index is 12.3. The third-order valence-corrected chi connectivity index (χ3v) is 12.2. The molecule has 0 saturated heterocycles. The van der Waals surface area contributed by atoms with Crippen molar-refractivity contribution in [3.8, 4) is 0 Å². The fraction of sp³-hybridized carbons (Fsp3) is 0.912. The van der Waals surface area contributed by atoms with Crippen LogP contribution in [-0.4, -0.2) is 12.1 Å². The van der Waals surface area contributed by atoms with Crippen LogP contribution in [0.2, 0.25) is 0 Å². The van der Waals surface area contributed by atoms with E-state index in [1.165, 1.54) is 57.8 Å². The number of carbonyl (C=O) groups is 1. The summed E-state index contributed by atoms with van der Waals surface area (Å²) in [7, 11) is 0. The third kappa shape index (κ3) is 5.36. The van der Waals surface area contributed by atoms with E-state index in [4.69, 9.17) is 4.74 Å². The van der Waals surface area contributed by atoms with Gasteiger partial charge in [-0.05, 0) is 110 Å². The maximum Gasteiger partial charge on any atom is 0.306 e. The van der Waals surface area contributed by atoms with Gasteiger partial charge in [0.2, 0.25) is 0 Å². The third-order valence-electron chi connectivity index (χ3n) is 12.2. The lowest BCUT2D eigenvalue weighted by Crippen LogP contribution is -2.51. The molecule has 4 aliphatic carbocycles. The van der Waals surface area contributed by atoms with Crippen LogP contribution in [0, 0.1) is 58.2 Å². The van der Waals surface area contributed by atoms with E-state index in [0.29, 0.717) is 23.2 Å². The zero-order chi connectivity index (χ0) is 26.3. The van der Waals surface area contributed by atoms with E-state index in [1.54, 1.807) is 5.57 Å². The van der Waals surface area contributed by atoms with Crippen molar-refractivity contribution in [1.82, 2.24) is 0 Å². The molecule has 0 heterocycles. The molecule has 0 aliphatic heterocycles. The largest absolute Gasteiger partial charge is 0.462 e. The van der Waals surface area contributed by atoms with Gasteiger partial charge in [0.15, 0.2) is 0 Å². The summed E-state index contributed by atoms with van der Waals surface area (Å²) >= 11 is 0. The summed E-state index contributed by atoms with van der Waals surface area (Å²) in [5.41, 5.74) is 2.51. The molecule has 0 spiro atoms. The van der Waals surface area contributed by atoms with Crippen molar-refractivity contribution in [3.63, 3.8) is 0 Å². The lowest BCUT2D eigenvalue weighted by Gasteiger charge is -2.58. The molecule has 4 aliphatic rings. The smallest absolute Gasteiger partial charge is 0.306 e. The van der Waals surface area contributed by atoms with E-state index < -0.39 is 0 Å². The van der Waals surface area contributed by atoms with Gasteiger partial charge in [0.1, 0.15) is 6.10 Å². The molecule has 0 aromatic heterocycles. The monoisotopic (exact) mass is 498 g/mol. The first-order chi connectivity index (χ1) is 17.0. The Morgan fingerprint density at radius 2 is 1.75 bits per heavy atom. The SMILES string of the molecule is CC[C@H](CC[C@@H](C)[C@H]1CCC2C3CC=C4C[C@@H](OC(=O)CC(C)C)CC[C@]4(C)C3CC[C@@]21C)C(C)C. The Morgan fingerprint density at radius 1 is 1.00 bits per heavy atom. The number of hydrogen-bond donors (Lipinski definition) is 0. The molecule has 0 bridgehead atoms. The molecular formula is C34H58O2. The summed E-state index contributed by atoms with van der Waals surface area (Å²) in [6.45, 7) is 19.3. The fourth-order valence-electron chi connectivity index (χ4n) is 9.96. The van der Waals surface area contributed by atoms with Crippen molar-refractivity contribution in [2.24, 2.45) is 58.2 Å². The first-order valence-electron chi connectivity index (χ1n) is 15.9. The molecule has 0 aromatic rings. The van der Waals surface area contributed by atoms with Crippen molar-refractivity contribution >= 4 is 5.97 Å². The number of allylic oxidation sites excluding steroid dienone is 1. The van der Waals surface area contributed by atoms with Crippen LogP contribution in [0.25, 0.3) is 0 Å². The van der Waals surface area contributed by atoms with Crippen LogP contribution in [0.15, 0.2) is 11.6 Å². The van der Waals surface area contributed by atoms with Gasteiger partial charge in [-0.3, -0.25) is 4.79 Å².